The van der Waals surface area contributed by atoms with Crippen molar-refractivity contribution in [3.05, 3.63) is 22.4 Å². The summed E-state index contributed by atoms with van der Waals surface area (Å²) < 4.78 is 37.4. The van der Waals surface area contributed by atoms with Crippen LogP contribution in [0.3, 0.4) is 0 Å². The maximum Gasteiger partial charge on any atom is 0.401 e. The average Bonchev–Trinajstić information content (AvgIpc) is 3.15. The van der Waals surface area contributed by atoms with Gasteiger partial charge in [-0.05, 0) is 74.5 Å². The van der Waals surface area contributed by atoms with Crippen molar-refractivity contribution >= 4 is 17.3 Å². The Balaban J connectivity index is 1.75. The van der Waals surface area contributed by atoms with Gasteiger partial charge < -0.3 is 15.7 Å². The molecule has 0 radical (unpaired) electrons. The SMILES string of the molecule is CCNC(=NCC(C)(O)c1ccsc1)NCCC1CCN(CC(F)(F)F)CC1. The topological polar surface area (TPSA) is 59.9 Å². The molecule has 1 aliphatic heterocycles. The molecule has 1 atom stereocenters. The molecule has 1 aromatic rings. The summed E-state index contributed by atoms with van der Waals surface area (Å²) >= 11 is 1.54. The highest BCUT2D eigenvalue weighted by Gasteiger charge is 2.32. The van der Waals surface area contributed by atoms with Crippen molar-refractivity contribution in [3.8, 4) is 0 Å². The van der Waals surface area contributed by atoms with Gasteiger partial charge in [0.05, 0.1) is 13.1 Å². The van der Waals surface area contributed by atoms with E-state index >= 15 is 0 Å². The molecule has 160 valence electrons. The highest BCUT2D eigenvalue weighted by molar-refractivity contribution is 7.08. The van der Waals surface area contributed by atoms with E-state index in [1.165, 1.54) is 16.2 Å². The van der Waals surface area contributed by atoms with Gasteiger partial charge in [-0.15, -0.1) is 0 Å². The average molecular weight is 421 g/mol. The largest absolute Gasteiger partial charge is 0.401 e. The van der Waals surface area contributed by atoms with Crippen LogP contribution in [-0.4, -0.2) is 61.4 Å². The Hall–Kier alpha value is -1.32. The first-order chi connectivity index (χ1) is 13.2. The first kappa shape index (κ1) is 23.0. The van der Waals surface area contributed by atoms with E-state index in [1.807, 2.05) is 23.8 Å². The van der Waals surface area contributed by atoms with Crippen LogP contribution < -0.4 is 10.6 Å². The molecular formula is C19H31F3N4OS. The number of nitrogens with one attached hydrogen (secondary N) is 2. The van der Waals surface area contributed by atoms with E-state index in [1.54, 1.807) is 6.92 Å². The van der Waals surface area contributed by atoms with Crippen molar-refractivity contribution in [3.63, 3.8) is 0 Å². The molecule has 1 saturated heterocycles. The molecule has 3 N–H and O–H groups in total. The first-order valence-corrected chi connectivity index (χ1v) is 10.7. The summed E-state index contributed by atoms with van der Waals surface area (Å²) in [5.41, 5.74) is -0.170. The van der Waals surface area contributed by atoms with Crippen molar-refractivity contribution < 1.29 is 18.3 Å². The lowest BCUT2D eigenvalue weighted by Gasteiger charge is -2.32. The fourth-order valence-electron chi connectivity index (χ4n) is 3.32. The predicted octanol–water partition coefficient (Wildman–Crippen LogP) is 3.18. The number of likely N-dealkylation sites (tertiary alicyclic amines) is 1. The summed E-state index contributed by atoms with van der Waals surface area (Å²) in [6, 6.07) is 1.89. The second kappa shape index (κ2) is 10.5. The van der Waals surface area contributed by atoms with E-state index < -0.39 is 18.3 Å². The fraction of sp³-hybridized carbons (Fsp3) is 0.737. The minimum Gasteiger partial charge on any atom is -0.383 e. The summed E-state index contributed by atoms with van der Waals surface area (Å²) in [7, 11) is 0. The van der Waals surface area contributed by atoms with Gasteiger partial charge in [-0.2, -0.15) is 24.5 Å². The highest BCUT2D eigenvalue weighted by atomic mass is 32.1. The van der Waals surface area contributed by atoms with Crippen molar-refractivity contribution in [2.75, 3.05) is 39.3 Å². The molecule has 1 unspecified atom stereocenters. The maximum atomic E-state index is 12.5. The molecular weight excluding hydrogens is 389 g/mol. The minimum atomic E-state index is -4.12. The van der Waals surface area contributed by atoms with Gasteiger partial charge in [-0.25, -0.2) is 4.99 Å². The molecule has 5 nitrogen and oxygen atoms in total. The third kappa shape index (κ3) is 7.97. The molecule has 1 aromatic heterocycles. The molecule has 0 spiro atoms. The molecule has 1 fully saturated rings. The van der Waals surface area contributed by atoms with E-state index in [-0.39, 0.29) is 6.54 Å². The van der Waals surface area contributed by atoms with Crippen LogP contribution in [-0.2, 0) is 5.60 Å². The summed E-state index contributed by atoms with van der Waals surface area (Å²) in [5, 5.41) is 20.9. The van der Waals surface area contributed by atoms with Gasteiger partial charge in [0.1, 0.15) is 5.60 Å². The summed E-state index contributed by atoms with van der Waals surface area (Å²) in [5.74, 6) is 1.07. The van der Waals surface area contributed by atoms with E-state index in [9.17, 15) is 18.3 Å². The van der Waals surface area contributed by atoms with Crippen molar-refractivity contribution in [1.29, 1.82) is 0 Å². The molecule has 9 heteroatoms. The molecule has 28 heavy (non-hydrogen) atoms. The van der Waals surface area contributed by atoms with Gasteiger partial charge >= 0.3 is 6.18 Å². The third-order valence-corrected chi connectivity index (χ3v) is 5.67. The lowest BCUT2D eigenvalue weighted by molar-refractivity contribution is -0.148. The molecule has 1 aliphatic rings. The van der Waals surface area contributed by atoms with E-state index in [0.29, 0.717) is 38.1 Å². The Bertz CT molecular complexity index is 597. The lowest BCUT2D eigenvalue weighted by atomic mass is 9.93. The third-order valence-electron chi connectivity index (χ3n) is 4.99. The molecule has 0 saturated carbocycles. The highest BCUT2D eigenvalue weighted by Crippen LogP contribution is 2.24. The molecule has 0 aliphatic carbocycles. The Morgan fingerprint density at radius 3 is 2.61 bits per heavy atom. The number of piperidine rings is 1. The molecule has 2 heterocycles. The number of halogens is 3. The zero-order valence-corrected chi connectivity index (χ0v) is 17.4. The van der Waals surface area contributed by atoms with E-state index in [2.05, 4.69) is 15.6 Å². The normalized spacial score (nSPS) is 19.4. The maximum absolute atomic E-state index is 12.5. The first-order valence-electron chi connectivity index (χ1n) is 9.76. The van der Waals surface area contributed by atoms with Crippen molar-refractivity contribution in [2.45, 2.75) is 44.9 Å². The Morgan fingerprint density at radius 1 is 1.32 bits per heavy atom. The van der Waals surface area contributed by atoms with E-state index in [0.717, 1.165) is 24.8 Å². The zero-order valence-electron chi connectivity index (χ0n) is 16.6. The van der Waals surface area contributed by atoms with Crippen LogP contribution in [0.1, 0.15) is 38.7 Å². The summed E-state index contributed by atoms with van der Waals surface area (Å²) in [6.07, 6.45) is -1.64. The molecule has 0 aromatic carbocycles. The van der Waals surface area contributed by atoms with Gasteiger partial charge in [-0.3, -0.25) is 4.90 Å². The number of aliphatic hydroxyl groups is 1. The number of alkyl halides is 3. The van der Waals surface area contributed by atoms with Gasteiger partial charge in [-0.1, -0.05) is 0 Å². The van der Waals surface area contributed by atoms with Gasteiger partial charge in [0.2, 0.25) is 0 Å². The van der Waals surface area contributed by atoms with Crippen LogP contribution in [0.2, 0.25) is 0 Å². The number of rotatable bonds is 8. The Kier molecular flexibility index (Phi) is 8.57. The standard InChI is InChI=1S/C19H31F3N4OS/c1-3-23-17(25-13-18(2,27)16-7-11-28-12-16)24-8-4-15-5-9-26(10-6-15)14-19(20,21)22/h7,11-12,15,27H,3-6,8-10,13-14H2,1-2H3,(H2,23,24,25). The number of aliphatic imine (C=N–C) groups is 1. The Labute approximate surface area is 169 Å². The van der Waals surface area contributed by atoms with Gasteiger partial charge in [0.15, 0.2) is 5.96 Å². The van der Waals surface area contributed by atoms with Crippen LogP contribution in [0.15, 0.2) is 21.8 Å². The number of guanidine groups is 1. The summed E-state index contributed by atoms with van der Waals surface area (Å²) in [4.78, 5) is 5.98. The van der Waals surface area contributed by atoms with Gasteiger partial charge in [0, 0.05) is 13.1 Å². The monoisotopic (exact) mass is 420 g/mol. The van der Waals surface area contributed by atoms with Crippen LogP contribution in [0.25, 0.3) is 0 Å². The fourth-order valence-corrected chi connectivity index (χ4v) is 4.10. The number of nitrogens with zero attached hydrogens (tertiary/aromatic N) is 2. The molecule has 2 rings (SSSR count). The number of hydrogen-bond acceptors (Lipinski definition) is 4. The predicted molar refractivity (Wildman–Crippen MR) is 108 cm³/mol. The lowest BCUT2D eigenvalue weighted by Crippen LogP contribution is -2.42. The van der Waals surface area contributed by atoms with Crippen LogP contribution in [0, 0.1) is 5.92 Å². The molecule has 0 bridgehead atoms. The zero-order chi connectivity index (χ0) is 20.6. The van der Waals surface area contributed by atoms with Crippen LogP contribution in [0.5, 0.6) is 0 Å². The second-order valence-electron chi connectivity index (χ2n) is 7.53. The van der Waals surface area contributed by atoms with Crippen LogP contribution in [0.4, 0.5) is 13.2 Å². The molecule has 0 amide bonds. The van der Waals surface area contributed by atoms with E-state index in [4.69, 9.17) is 0 Å². The second-order valence-corrected chi connectivity index (χ2v) is 8.31. The van der Waals surface area contributed by atoms with Crippen LogP contribution >= 0.6 is 11.3 Å². The smallest absolute Gasteiger partial charge is 0.383 e. The number of hydrogen-bond donors (Lipinski definition) is 3. The Morgan fingerprint density at radius 2 is 2.04 bits per heavy atom. The number of thiophene rings is 1. The quantitative estimate of drug-likeness (QED) is 0.447. The van der Waals surface area contributed by atoms with Crippen molar-refractivity contribution in [1.82, 2.24) is 15.5 Å². The van der Waals surface area contributed by atoms with Crippen molar-refractivity contribution in [2.24, 2.45) is 10.9 Å². The van der Waals surface area contributed by atoms with Gasteiger partial charge in [0.25, 0.3) is 0 Å². The summed E-state index contributed by atoms with van der Waals surface area (Å²) in [6.45, 7) is 5.58. The minimum absolute atomic E-state index is 0.245.